The summed E-state index contributed by atoms with van der Waals surface area (Å²) >= 11 is 0. The predicted molar refractivity (Wildman–Crippen MR) is 52.4 cm³/mol. The van der Waals surface area contributed by atoms with Crippen molar-refractivity contribution in [1.29, 1.82) is 0 Å². The van der Waals surface area contributed by atoms with Crippen LogP contribution in [0, 0.1) is 0 Å². The lowest BCUT2D eigenvalue weighted by Crippen LogP contribution is -2.10. The Hall–Kier alpha value is -1.33. The zero-order chi connectivity index (χ0) is 9.52. The molecule has 0 fully saturated rings. The summed E-state index contributed by atoms with van der Waals surface area (Å²) in [5.74, 6) is 6.01. The number of hydrazine groups is 1. The number of ether oxygens (including phenoxy) is 1. The Bertz CT molecular complexity index is 236. The van der Waals surface area contributed by atoms with Crippen LogP contribution < -0.4 is 16.6 Å². The second-order valence-corrected chi connectivity index (χ2v) is 2.50. The number of aromatic nitrogens is 1. The molecule has 0 aliphatic rings. The van der Waals surface area contributed by atoms with Gasteiger partial charge in [0.1, 0.15) is 5.82 Å². The first-order valence-corrected chi connectivity index (χ1v) is 4.02. The third-order valence-corrected chi connectivity index (χ3v) is 1.54. The fraction of sp³-hybridized carbons (Fsp3) is 0.375. The normalized spacial score (nSPS) is 9.69. The quantitative estimate of drug-likeness (QED) is 0.350. The van der Waals surface area contributed by atoms with Crippen LogP contribution in [0.4, 0.5) is 11.5 Å². The van der Waals surface area contributed by atoms with Crippen LogP contribution in [0.15, 0.2) is 18.3 Å². The molecule has 0 unspecified atom stereocenters. The van der Waals surface area contributed by atoms with E-state index in [4.69, 9.17) is 10.6 Å². The van der Waals surface area contributed by atoms with E-state index in [9.17, 15) is 0 Å². The molecule has 0 aliphatic heterocycles. The molecule has 1 heterocycles. The fourth-order valence-electron chi connectivity index (χ4n) is 0.865. The molecule has 0 atom stereocenters. The monoisotopic (exact) mass is 182 g/mol. The van der Waals surface area contributed by atoms with Crippen LogP contribution in [-0.2, 0) is 4.74 Å². The van der Waals surface area contributed by atoms with Crippen LogP contribution in [0.25, 0.3) is 0 Å². The van der Waals surface area contributed by atoms with Crippen molar-refractivity contribution in [2.75, 3.05) is 31.0 Å². The number of hydrogen-bond donors (Lipinski definition) is 3. The molecule has 0 saturated carbocycles. The van der Waals surface area contributed by atoms with E-state index < -0.39 is 0 Å². The Morgan fingerprint density at radius 1 is 1.54 bits per heavy atom. The minimum absolute atomic E-state index is 0.665. The zero-order valence-electron chi connectivity index (χ0n) is 7.58. The summed E-state index contributed by atoms with van der Waals surface area (Å²) in [6.07, 6.45) is 1.66. The topological polar surface area (TPSA) is 72.2 Å². The first-order valence-electron chi connectivity index (χ1n) is 4.02. The number of nitrogens with zero attached hydrogens (tertiary/aromatic N) is 1. The number of rotatable bonds is 5. The van der Waals surface area contributed by atoms with Crippen molar-refractivity contribution in [2.24, 2.45) is 5.84 Å². The molecule has 5 heteroatoms. The summed E-state index contributed by atoms with van der Waals surface area (Å²) in [5, 5.41) is 3.09. The van der Waals surface area contributed by atoms with Gasteiger partial charge < -0.3 is 15.5 Å². The number of hydrogen-bond acceptors (Lipinski definition) is 5. The molecule has 72 valence electrons. The highest BCUT2D eigenvalue weighted by atomic mass is 16.5. The molecule has 0 aromatic carbocycles. The molecule has 1 rings (SSSR count). The Labute approximate surface area is 77.3 Å². The fourth-order valence-corrected chi connectivity index (χ4v) is 0.865. The predicted octanol–water partition coefficient (Wildman–Crippen LogP) is 0.425. The Morgan fingerprint density at radius 3 is 2.92 bits per heavy atom. The van der Waals surface area contributed by atoms with Gasteiger partial charge in [0, 0.05) is 13.7 Å². The highest BCUT2D eigenvalue weighted by Gasteiger charge is 1.92. The van der Waals surface area contributed by atoms with E-state index in [1.807, 2.05) is 12.1 Å². The van der Waals surface area contributed by atoms with Crippen molar-refractivity contribution in [2.45, 2.75) is 0 Å². The summed E-state index contributed by atoms with van der Waals surface area (Å²) in [6, 6.07) is 3.70. The summed E-state index contributed by atoms with van der Waals surface area (Å²) < 4.78 is 4.89. The van der Waals surface area contributed by atoms with Gasteiger partial charge in [-0.15, -0.1) is 0 Å². The van der Waals surface area contributed by atoms with E-state index in [1.165, 1.54) is 0 Å². The van der Waals surface area contributed by atoms with E-state index in [-0.39, 0.29) is 0 Å². The summed E-state index contributed by atoms with van der Waals surface area (Å²) in [4.78, 5) is 4.11. The van der Waals surface area contributed by atoms with E-state index in [0.717, 1.165) is 18.1 Å². The van der Waals surface area contributed by atoms with E-state index in [0.29, 0.717) is 6.61 Å². The molecule has 0 aliphatic carbocycles. The van der Waals surface area contributed by atoms with Crippen molar-refractivity contribution >= 4 is 11.5 Å². The van der Waals surface area contributed by atoms with Gasteiger partial charge in [-0.2, -0.15) is 0 Å². The lowest BCUT2D eigenvalue weighted by molar-refractivity contribution is 0.210. The molecule has 0 saturated heterocycles. The van der Waals surface area contributed by atoms with Gasteiger partial charge in [0.15, 0.2) is 0 Å². The zero-order valence-corrected chi connectivity index (χ0v) is 7.58. The molecule has 4 N–H and O–H groups in total. The maximum atomic E-state index is 5.19. The van der Waals surface area contributed by atoms with Gasteiger partial charge in [0.2, 0.25) is 0 Å². The van der Waals surface area contributed by atoms with E-state index >= 15 is 0 Å². The standard InChI is InChI=1S/C8H14N4O/c1-13-5-4-10-8-3-2-7(12-9)6-11-8/h2-3,6,12H,4-5,9H2,1H3,(H,10,11). The van der Waals surface area contributed by atoms with Gasteiger partial charge in [-0.05, 0) is 12.1 Å². The summed E-state index contributed by atoms with van der Waals surface area (Å²) in [5.41, 5.74) is 3.30. The number of pyridine rings is 1. The number of methoxy groups -OCH3 is 1. The Kier molecular flexibility index (Phi) is 4.01. The minimum Gasteiger partial charge on any atom is -0.383 e. The molecule has 1 aromatic rings. The van der Waals surface area contributed by atoms with Crippen LogP contribution in [0.5, 0.6) is 0 Å². The van der Waals surface area contributed by atoms with Crippen LogP contribution in [0.3, 0.4) is 0 Å². The summed E-state index contributed by atoms with van der Waals surface area (Å²) in [7, 11) is 1.66. The highest BCUT2D eigenvalue weighted by Crippen LogP contribution is 2.07. The van der Waals surface area contributed by atoms with Gasteiger partial charge in [-0.3, -0.25) is 5.84 Å². The van der Waals surface area contributed by atoms with Gasteiger partial charge in [0.05, 0.1) is 18.5 Å². The first kappa shape index (κ1) is 9.76. The van der Waals surface area contributed by atoms with Crippen LogP contribution in [0.1, 0.15) is 0 Å². The molecule has 0 amide bonds. The summed E-state index contributed by atoms with van der Waals surface area (Å²) in [6.45, 7) is 1.41. The number of nitrogens with one attached hydrogen (secondary N) is 2. The molecule has 13 heavy (non-hydrogen) atoms. The lowest BCUT2D eigenvalue weighted by atomic mass is 10.4. The SMILES string of the molecule is COCCNc1ccc(NN)cn1. The molecule has 1 aromatic heterocycles. The maximum absolute atomic E-state index is 5.19. The molecule has 0 bridgehead atoms. The average Bonchev–Trinajstić information content (AvgIpc) is 2.19. The van der Waals surface area contributed by atoms with Gasteiger partial charge >= 0.3 is 0 Å². The van der Waals surface area contributed by atoms with Crippen LogP contribution >= 0.6 is 0 Å². The number of nitrogens with two attached hydrogens (primary N) is 1. The third-order valence-electron chi connectivity index (χ3n) is 1.54. The molecule has 0 radical (unpaired) electrons. The highest BCUT2D eigenvalue weighted by molar-refractivity contribution is 5.46. The van der Waals surface area contributed by atoms with Gasteiger partial charge in [-0.1, -0.05) is 0 Å². The van der Waals surface area contributed by atoms with Crippen molar-refractivity contribution < 1.29 is 4.74 Å². The molecule has 5 nitrogen and oxygen atoms in total. The average molecular weight is 182 g/mol. The van der Waals surface area contributed by atoms with Gasteiger partial charge in [0.25, 0.3) is 0 Å². The van der Waals surface area contributed by atoms with Gasteiger partial charge in [-0.25, -0.2) is 4.98 Å². The van der Waals surface area contributed by atoms with Crippen molar-refractivity contribution in [3.8, 4) is 0 Å². The Balaban J connectivity index is 2.40. The molecular formula is C8H14N4O. The smallest absolute Gasteiger partial charge is 0.126 e. The third kappa shape index (κ3) is 3.27. The van der Waals surface area contributed by atoms with Crippen molar-refractivity contribution in [1.82, 2.24) is 4.98 Å². The molecule has 0 spiro atoms. The van der Waals surface area contributed by atoms with Crippen LogP contribution in [0.2, 0.25) is 0 Å². The molecular weight excluding hydrogens is 168 g/mol. The Morgan fingerprint density at radius 2 is 2.38 bits per heavy atom. The maximum Gasteiger partial charge on any atom is 0.126 e. The number of anilines is 2. The van der Waals surface area contributed by atoms with Crippen LogP contribution in [-0.4, -0.2) is 25.2 Å². The van der Waals surface area contributed by atoms with Crippen molar-refractivity contribution in [3.63, 3.8) is 0 Å². The lowest BCUT2D eigenvalue weighted by Gasteiger charge is -2.05. The van der Waals surface area contributed by atoms with E-state index in [1.54, 1.807) is 13.3 Å². The largest absolute Gasteiger partial charge is 0.383 e. The second kappa shape index (κ2) is 5.34. The minimum atomic E-state index is 0.665. The second-order valence-electron chi connectivity index (χ2n) is 2.50. The number of nitrogen functional groups attached to an aromatic ring is 1. The first-order chi connectivity index (χ1) is 6.36. The van der Waals surface area contributed by atoms with Crippen molar-refractivity contribution in [3.05, 3.63) is 18.3 Å². The van der Waals surface area contributed by atoms with E-state index in [2.05, 4.69) is 15.7 Å².